The molecule has 1 aliphatic rings. The first-order valence-corrected chi connectivity index (χ1v) is 6.03. The normalized spacial score (nSPS) is 14.2. The summed E-state index contributed by atoms with van der Waals surface area (Å²) in [4.78, 5) is 11.6. The zero-order valence-corrected chi connectivity index (χ0v) is 9.85. The van der Waals surface area contributed by atoms with Crippen molar-refractivity contribution in [1.29, 1.82) is 0 Å². The molecule has 2 N–H and O–H groups in total. The van der Waals surface area contributed by atoms with E-state index in [1.54, 1.807) is 6.26 Å². The predicted molar refractivity (Wildman–Crippen MR) is 69.3 cm³/mol. The number of furan rings is 1. The van der Waals surface area contributed by atoms with Crippen molar-refractivity contribution in [2.24, 2.45) is 0 Å². The van der Waals surface area contributed by atoms with Gasteiger partial charge in [-0.25, -0.2) is 4.79 Å². The van der Waals surface area contributed by atoms with Gasteiger partial charge in [0.1, 0.15) is 5.76 Å². The first-order valence-electron chi connectivity index (χ1n) is 6.03. The maximum absolute atomic E-state index is 11.6. The van der Waals surface area contributed by atoms with Crippen LogP contribution in [0.25, 0.3) is 11.3 Å². The molecular formula is C14H14N2O2. The molecule has 92 valence electrons. The summed E-state index contributed by atoms with van der Waals surface area (Å²) in [5.41, 5.74) is 1.71. The highest BCUT2D eigenvalue weighted by Gasteiger charge is 2.23. The fourth-order valence-electron chi connectivity index (χ4n) is 1.77. The van der Waals surface area contributed by atoms with Crippen LogP contribution in [-0.2, 0) is 0 Å². The monoisotopic (exact) mass is 242 g/mol. The van der Waals surface area contributed by atoms with Crippen molar-refractivity contribution < 1.29 is 9.21 Å². The molecule has 0 atom stereocenters. The van der Waals surface area contributed by atoms with Crippen molar-refractivity contribution in [3.63, 3.8) is 0 Å². The highest BCUT2D eigenvalue weighted by atomic mass is 16.3. The van der Waals surface area contributed by atoms with E-state index in [4.69, 9.17) is 4.42 Å². The lowest BCUT2D eigenvalue weighted by Crippen LogP contribution is -2.30. The number of hydrogen-bond donors (Lipinski definition) is 2. The molecule has 18 heavy (non-hydrogen) atoms. The van der Waals surface area contributed by atoms with E-state index in [1.165, 1.54) is 0 Å². The number of carbonyl (C=O) groups is 1. The number of benzene rings is 1. The molecule has 2 aromatic rings. The van der Waals surface area contributed by atoms with E-state index in [9.17, 15) is 4.79 Å². The van der Waals surface area contributed by atoms with Crippen LogP contribution in [0.4, 0.5) is 10.5 Å². The molecule has 1 aliphatic carbocycles. The van der Waals surface area contributed by atoms with Crippen LogP contribution in [0.3, 0.4) is 0 Å². The van der Waals surface area contributed by atoms with Crippen molar-refractivity contribution in [2.75, 3.05) is 5.32 Å². The molecule has 4 heteroatoms. The second kappa shape index (κ2) is 4.56. The highest BCUT2D eigenvalue weighted by molar-refractivity contribution is 5.90. The van der Waals surface area contributed by atoms with Gasteiger partial charge in [0.2, 0.25) is 0 Å². The van der Waals surface area contributed by atoms with E-state index in [-0.39, 0.29) is 6.03 Å². The first-order chi connectivity index (χ1) is 8.81. The molecule has 0 bridgehead atoms. The molecule has 1 fully saturated rings. The summed E-state index contributed by atoms with van der Waals surface area (Å²) in [6.07, 6.45) is 3.80. The summed E-state index contributed by atoms with van der Waals surface area (Å²) in [6.45, 7) is 0. The molecular weight excluding hydrogens is 228 g/mol. The largest absolute Gasteiger partial charge is 0.464 e. The molecule has 1 aromatic carbocycles. The third kappa shape index (κ3) is 2.53. The molecule has 3 rings (SSSR count). The molecule has 1 heterocycles. The van der Waals surface area contributed by atoms with Gasteiger partial charge >= 0.3 is 6.03 Å². The zero-order chi connectivity index (χ0) is 12.4. The van der Waals surface area contributed by atoms with Crippen molar-refractivity contribution in [3.05, 3.63) is 42.7 Å². The number of carbonyl (C=O) groups excluding carboxylic acids is 1. The smallest absolute Gasteiger partial charge is 0.319 e. The highest BCUT2D eigenvalue weighted by Crippen LogP contribution is 2.23. The third-order valence-corrected chi connectivity index (χ3v) is 2.84. The van der Waals surface area contributed by atoms with Crippen LogP contribution in [0.2, 0.25) is 0 Å². The quantitative estimate of drug-likeness (QED) is 0.868. The van der Waals surface area contributed by atoms with Crippen LogP contribution in [0.1, 0.15) is 12.8 Å². The van der Waals surface area contributed by atoms with Crippen LogP contribution in [0.5, 0.6) is 0 Å². The summed E-state index contributed by atoms with van der Waals surface area (Å²) in [7, 11) is 0. The number of anilines is 1. The van der Waals surface area contributed by atoms with Gasteiger partial charge in [-0.3, -0.25) is 0 Å². The first kappa shape index (κ1) is 10.9. The van der Waals surface area contributed by atoms with E-state index >= 15 is 0 Å². The van der Waals surface area contributed by atoms with E-state index in [0.29, 0.717) is 6.04 Å². The van der Waals surface area contributed by atoms with Crippen LogP contribution in [-0.4, -0.2) is 12.1 Å². The van der Waals surface area contributed by atoms with Crippen LogP contribution in [0, 0.1) is 0 Å². The molecule has 2 amide bonds. The van der Waals surface area contributed by atoms with Gasteiger partial charge < -0.3 is 15.1 Å². The standard InChI is InChI=1S/C14H14N2O2/c17-14(15-11-6-7-11)16-12-4-1-3-10(9-12)13-5-2-8-18-13/h1-5,8-9,11H,6-7H2,(H2,15,16,17). The van der Waals surface area contributed by atoms with Crippen LogP contribution < -0.4 is 10.6 Å². The Balaban J connectivity index is 1.72. The van der Waals surface area contributed by atoms with Crippen molar-refractivity contribution in [1.82, 2.24) is 5.32 Å². The maximum Gasteiger partial charge on any atom is 0.319 e. The predicted octanol–water partition coefficient (Wildman–Crippen LogP) is 3.23. The number of rotatable bonds is 3. The molecule has 0 saturated heterocycles. The van der Waals surface area contributed by atoms with Crippen molar-refractivity contribution in [3.8, 4) is 11.3 Å². The molecule has 1 saturated carbocycles. The summed E-state index contributed by atoms with van der Waals surface area (Å²) < 4.78 is 5.33. The molecule has 4 nitrogen and oxygen atoms in total. The molecule has 1 aromatic heterocycles. The Labute approximate surface area is 105 Å². The Hall–Kier alpha value is -2.23. The summed E-state index contributed by atoms with van der Waals surface area (Å²) >= 11 is 0. The van der Waals surface area contributed by atoms with E-state index < -0.39 is 0 Å². The molecule has 0 radical (unpaired) electrons. The minimum Gasteiger partial charge on any atom is -0.464 e. The molecule has 0 unspecified atom stereocenters. The van der Waals surface area contributed by atoms with Crippen LogP contribution in [0.15, 0.2) is 47.1 Å². The lowest BCUT2D eigenvalue weighted by atomic mass is 10.1. The Morgan fingerprint density at radius 2 is 2.11 bits per heavy atom. The minimum absolute atomic E-state index is 0.144. The summed E-state index contributed by atoms with van der Waals surface area (Å²) in [5.74, 6) is 0.793. The van der Waals surface area contributed by atoms with Gasteiger partial charge in [-0.1, -0.05) is 12.1 Å². The van der Waals surface area contributed by atoms with E-state index in [2.05, 4.69) is 10.6 Å². The summed E-state index contributed by atoms with van der Waals surface area (Å²) in [6, 6.07) is 11.5. The second-order valence-electron chi connectivity index (χ2n) is 4.43. The fraction of sp³-hybridized carbons (Fsp3) is 0.214. The zero-order valence-electron chi connectivity index (χ0n) is 9.85. The number of amides is 2. The lowest BCUT2D eigenvalue weighted by molar-refractivity contribution is 0.251. The minimum atomic E-state index is -0.144. The number of hydrogen-bond acceptors (Lipinski definition) is 2. The molecule has 0 aliphatic heterocycles. The average molecular weight is 242 g/mol. The maximum atomic E-state index is 11.6. The van der Waals surface area contributed by atoms with Crippen LogP contribution >= 0.6 is 0 Å². The molecule has 0 spiro atoms. The Kier molecular flexibility index (Phi) is 2.76. The van der Waals surface area contributed by atoms with E-state index in [1.807, 2.05) is 36.4 Å². The topological polar surface area (TPSA) is 54.3 Å². The summed E-state index contributed by atoms with van der Waals surface area (Å²) in [5, 5.41) is 5.71. The van der Waals surface area contributed by atoms with Gasteiger partial charge in [0.05, 0.1) is 6.26 Å². The second-order valence-corrected chi connectivity index (χ2v) is 4.43. The third-order valence-electron chi connectivity index (χ3n) is 2.84. The van der Waals surface area contributed by atoms with E-state index in [0.717, 1.165) is 29.9 Å². The number of nitrogens with one attached hydrogen (secondary N) is 2. The Morgan fingerprint density at radius 3 is 2.83 bits per heavy atom. The van der Waals surface area contributed by atoms with Gasteiger partial charge in [-0.15, -0.1) is 0 Å². The van der Waals surface area contributed by atoms with Crippen molar-refractivity contribution in [2.45, 2.75) is 18.9 Å². The van der Waals surface area contributed by atoms with Gasteiger partial charge in [0.25, 0.3) is 0 Å². The fourth-order valence-corrected chi connectivity index (χ4v) is 1.77. The Morgan fingerprint density at radius 1 is 1.22 bits per heavy atom. The lowest BCUT2D eigenvalue weighted by Gasteiger charge is -2.07. The van der Waals surface area contributed by atoms with Gasteiger partial charge in [-0.2, -0.15) is 0 Å². The van der Waals surface area contributed by atoms with Gasteiger partial charge in [0.15, 0.2) is 0 Å². The van der Waals surface area contributed by atoms with Gasteiger partial charge in [0, 0.05) is 17.3 Å². The van der Waals surface area contributed by atoms with Crippen molar-refractivity contribution >= 4 is 11.7 Å². The van der Waals surface area contributed by atoms with Gasteiger partial charge in [-0.05, 0) is 37.1 Å². The Bertz CT molecular complexity index is 545. The number of urea groups is 1. The average Bonchev–Trinajstić information content (AvgIpc) is 3.00. The SMILES string of the molecule is O=C(Nc1cccc(-c2ccco2)c1)NC1CC1.